The van der Waals surface area contributed by atoms with Gasteiger partial charge in [-0.2, -0.15) is 0 Å². The molecule has 7 aromatic carbocycles. The zero-order chi connectivity index (χ0) is 25.5. The summed E-state index contributed by atoms with van der Waals surface area (Å²) in [4.78, 5) is 2.43. The maximum absolute atomic E-state index is 6.95. The maximum atomic E-state index is 6.95. The molecule has 0 unspecified atom stereocenters. The molecule has 0 atom stereocenters. The molecule has 0 spiro atoms. The Bertz CT molecular complexity index is 2130. The summed E-state index contributed by atoms with van der Waals surface area (Å²) in [6.45, 7) is -0.179. The molecular formula is C36H22BNO. The molecule has 7 aromatic rings. The summed E-state index contributed by atoms with van der Waals surface area (Å²) in [5, 5.41) is 7.35. The Hall–Kier alpha value is -5.02. The van der Waals surface area contributed by atoms with Gasteiger partial charge in [-0.25, -0.2) is 0 Å². The molecule has 0 fully saturated rings. The van der Waals surface area contributed by atoms with Crippen LogP contribution in [-0.4, -0.2) is 6.92 Å². The van der Waals surface area contributed by atoms with E-state index in [1.54, 1.807) is 0 Å². The van der Waals surface area contributed by atoms with Crippen molar-refractivity contribution in [3.8, 4) is 16.9 Å². The Balaban J connectivity index is 1.37. The van der Waals surface area contributed by atoms with Gasteiger partial charge >= 0.3 is 6.92 Å². The van der Waals surface area contributed by atoms with Crippen LogP contribution < -0.4 is 20.5 Å². The summed E-state index contributed by atoms with van der Waals surface area (Å²) in [6, 6.07) is 48.3. The third kappa shape index (κ3) is 2.99. The van der Waals surface area contributed by atoms with E-state index < -0.39 is 0 Å². The van der Waals surface area contributed by atoms with Crippen molar-refractivity contribution in [3.05, 3.63) is 133 Å². The van der Waals surface area contributed by atoms with E-state index in [2.05, 4.69) is 138 Å². The third-order valence-electron chi connectivity index (χ3n) is 8.38. The van der Waals surface area contributed by atoms with E-state index in [0.717, 1.165) is 17.0 Å². The molecule has 180 valence electrons. The molecule has 2 nitrogen and oxygen atoms in total. The van der Waals surface area contributed by atoms with Crippen molar-refractivity contribution >= 4 is 67.2 Å². The molecular weight excluding hydrogens is 473 g/mol. The van der Waals surface area contributed by atoms with E-state index in [1.807, 2.05) is 0 Å². The highest BCUT2D eigenvalue weighted by atomic mass is 16.4. The van der Waals surface area contributed by atoms with E-state index in [-0.39, 0.29) is 6.92 Å². The first-order chi connectivity index (χ1) is 19.3. The van der Waals surface area contributed by atoms with Crippen molar-refractivity contribution in [2.24, 2.45) is 0 Å². The van der Waals surface area contributed by atoms with Crippen LogP contribution in [0.5, 0.6) is 5.75 Å². The molecule has 2 heterocycles. The lowest BCUT2D eigenvalue weighted by Gasteiger charge is -2.40. The van der Waals surface area contributed by atoms with Crippen molar-refractivity contribution in [3.63, 3.8) is 0 Å². The Morgan fingerprint density at radius 1 is 0.462 bits per heavy atom. The fraction of sp³-hybridized carbons (Fsp3) is 0. The largest absolute Gasteiger partial charge is 0.551 e. The monoisotopic (exact) mass is 495 g/mol. The van der Waals surface area contributed by atoms with Gasteiger partial charge in [-0.3, -0.25) is 0 Å². The van der Waals surface area contributed by atoms with E-state index in [4.69, 9.17) is 4.65 Å². The third-order valence-corrected chi connectivity index (χ3v) is 8.38. The second-order valence-corrected chi connectivity index (χ2v) is 10.6. The van der Waals surface area contributed by atoms with Crippen molar-refractivity contribution in [1.29, 1.82) is 0 Å². The summed E-state index contributed by atoms with van der Waals surface area (Å²) in [5.41, 5.74) is 8.33. The van der Waals surface area contributed by atoms with Gasteiger partial charge in [0.1, 0.15) is 5.75 Å². The van der Waals surface area contributed by atoms with Gasteiger partial charge in [0.25, 0.3) is 0 Å². The standard InChI is InChI=1S/C36H22BNO/c1-2-9-24-18-29(17-16-23(24)8-1)38-33-15-7-14-30-31-19-25-10-3-6-13-28(25)22-35(31)39-37(36(30)33)32-20-26-11-4-5-12-27(26)21-34(32)38/h1-22H. The lowest BCUT2D eigenvalue weighted by molar-refractivity contribution is 0.591. The van der Waals surface area contributed by atoms with Crippen LogP contribution in [0.4, 0.5) is 17.1 Å². The minimum absolute atomic E-state index is 0.179. The van der Waals surface area contributed by atoms with Crippen LogP contribution in [-0.2, 0) is 0 Å². The highest BCUT2D eigenvalue weighted by Gasteiger charge is 2.42. The van der Waals surface area contributed by atoms with Crippen LogP contribution >= 0.6 is 0 Å². The summed E-state index contributed by atoms with van der Waals surface area (Å²) in [5.74, 6) is 0.946. The van der Waals surface area contributed by atoms with Crippen LogP contribution in [0.15, 0.2) is 133 Å². The van der Waals surface area contributed by atoms with Gasteiger partial charge in [-0.15, -0.1) is 0 Å². The van der Waals surface area contributed by atoms with Gasteiger partial charge in [0, 0.05) is 28.1 Å². The molecule has 0 saturated heterocycles. The van der Waals surface area contributed by atoms with Crippen LogP contribution in [0.3, 0.4) is 0 Å². The van der Waals surface area contributed by atoms with E-state index in [0.29, 0.717) is 0 Å². The fourth-order valence-corrected chi connectivity index (χ4v) is 6.56. The Morgan fingerprint density at radius 2 is 1.10 bits per heavy atom. The number of rotatable bonds is 1. The van der Waals surface area contributed by atoms with Crippen LogP contribution in [0, 0.1) is 0 Å². The first kappa shape index (κ1) is 21.0. The van der Waals surface area contributed by atoms with Gasteiger partial charge in [0.05, 0.1) is 0 Å². The van der Waals surface area contributed by atoms with Gasteiger partial charge in [-0.1, -0.05) is 97.1 Å². The fourth-order valence-electron chi connectivity index (χ4n) is 6.56. The maximum Gasteiger partial charge on any atom is 0.431 e. The summed E-state index contributed by atoms with van der Waals surface area (Å²) in [6.07, 6.45) is 0. The summed E-state index contributed by atoms with van der Waals surface area (Å²) < 4.78 is 6.95. The zero-order valence-corrected chi connectivity index (χ0v) is 21.1. The van der Waals surface area contributed by atoms with Crippen molar-refractivity contribution in [1.82, 2.24) is 0 Å². The second kappa shape index (κ2) is 7.75. The van der Waals surface area contributed by atoms with Crippen molar-refractivity contribution in [2.45, 2.75) is 0 Å². The molecule has 2 aliphatic heterocycles. The first-order valence-corrected chi connectivity index (χ1v) is 13.5. The zero-order valence-electron chi connectivity index (χ0n) is 21.1. The predicted octanol–water partition coefficient (Wildman–Crippen LogP) is 8.09. The molecule has 9 rings (SSSR count). The summed E-state index contributed by atoms with van der Waals surface area (Å²) >= 11 is 0. The Morgan fingerprint density at radius 3 is 1.87 bits per heavy atom. The molecule has 2 aliphatic rings. The minimum Gasteiger partial charge on any atom is -0.551 e. The van der Waals surface area contributed by atoms with Crippen molar-refractivity contribution < 1.29 is 4.65 Å². The number of fused-ring (bicyclic) bond motifs is 7. The topological polar surface area (TPSA) is 12.5 Å². The average molecular weight is 495 g/mol. The smallest absolute Gasteiger partial charge is 0.431 e. The number of nitrogens with zero attached hydrogens (tertiary/aromatic N) is 1. The number of benzene rings is 7. The SMILES string of the molecule is c1cc2c3c(c1)N(c1ccc4ccccc4c1)c1cc4ccccc4cc1B3Oc1cc3ccccc3cc1-2. The molecule has 3 heteroatoms. The first-order valence-electron chi connectivity index (χ1n) is 13.5. The highest BCUT2D eigenvalue weighted by Crippen LogP contribution is 2.44. The van der Waals surface area contributed by atoms with Crippen LogP contribution in [0.1, 0.15) is 0 Å². The molecule has 0 aromatic heterocycles. The van der Waals surface area contributed by atoms with E-state index >= 15 is 0 Å². The molecule has 0 N–H and O–H groups in total. The van der Waals surface area contributed by atoms with Gasteiger partial charge in [0.2, 0.25) is 0 Å². The van der Waals surface area contributed by atoms with E-state index in [1.165, 1.54) is 60.2 Å². The van der Waals surface area contributed by atoms with Gasteiger partial charge in [0.15, 0.2) is 0 Å². The van der Waals surface area contributed by atoms with Gasteiger partial charge in [-0.05, 0) is 79.7 Å². The molecule has 0 aliphatic carbocycles. The average Bonchev–Trinajstić information content (AvgIpc) is 2.99. The lowest BCUT2D eigenvalue weighted by atomic mass is 9.49. The van der Waals surface area contributed by atoms with Crippen LogP contribution in [0.2, 0.25) is 0 Å². The molecule has 0 amide bonds. The normalized spacial score (nSPS) is 13.2. The number of anilines is 3. The highest BCUT2D eigenvalue weighted by molar-refractivity contribution is 6.85. The van der Waals surface area contributed by atoms with Crippen LogP contribution in [0.25, 0.3) is 43.4 Å². The number of hydrogen-bond acceptors (Lipinski definition) is 2. The Labute approximate surface area is 226 Å². The lowest BCUT2D eigenvalue weighted by Crippen LogP contribution is -2.56. The predicted molar refractivity (Wildman–Crippen MR) is 165 cm³/mol. The van der Waals surface area contributed by atoms with Gasteiger partial charge < -0.3 is 9.55 Å². The molecule has 0 saturated carbocycles. The summed E-state index contributed by atoms with van der Waals surface area (Å²) in [7, 11) is 0. The quantitative estimate of drug-likeness (QED) is 0.214. The molecule has 39 heavy (non-hydrogen) atoms. The minimum atomic E-state index is -0.179. The number of hydrogen-bond donors (Lipinski definition) is 0. The molecule has 0 bridgehead atoms. The van der Waals surface area contributed by atoms with E-state index in [9.17, 15) is 0 Å². The second-order valence-electron chi connectivity index (χ2n) is 10.6. The van der Waals surface area contributed by atoms with Crippen molar-refractivity contribution in [2.75, 3.05) is 4.90 Å². The molecule has 0 radical (unpaired) electrons. The Kier molecular flexibility index (Phi) is 4.17.